The lowest BCUT2D eigenvalue weighted by atomic mass is 10.3. The van der Waals surface area contributed by atoms with E-state index in [1.807, 2.05) is 6.07 Å². The van der Waals surface area contributed by atoms with Crippen LogP contribution in [-0.2, 0) is 10.0 Å². The van der Waals surface area contributed by atoms with E-state index in [-0.39, 0.29) is 0 Å². The first-order chi connectivity index (χ1) is 4.56. The van der Waals surface area contributed by atoms with Crippen LogP contribution in [0, 0.1) is 11.3 Å². The monoisotopic (exact) mass is 162 g/mol. The van der Waals surface area contributed by atoms with Crippen LogP contribution in [0.25, 0.3) is 0 Å². The summed E-state index contributed by atoms with van der Waals surface area (Å²) in [4.78, 5) is 0. The summed E-state index contributed by atoms with van der Waals surface area (Å²) in [7, 11) is -3.06. The van der Waals surface area contributed by atoms with Gasteiger partial charge in [-0.25, -0.2) is 13.1 Å². The maximum absolute atomic E-state index is 10.4. The van der Waals surface area contributed by atoms with Gasteiger partial charge in [0.2, 0.25) is 10.0 Å². The van der Waals surface area contributed by atoms with Crippen molar-refractivity contribution >= 4 is 10.0 Å². The summed E-state index contributed by atoms with van der Waals surface area (Å²) in [6.07, 6.45) is 2.06. The second-order valence-electron chi connectivity index (χ2n) is 1.93. The van der Waals surface area contributed by atoms with Gasteiger partial charge >= 0.3 is 0 Å². The number of unbranched alkanes of at least 4 members (excludes halogenated alkanes) is 1. The van der Waals surface area contributed by atoms with Gasteiger partial charge in [0.05, 0.1) is 12.3 Å². The molecule has 0 bridgehead atoms. The van der Waals surface area contributed by atoms with Crippen LogP contribution in [0.2, 0.25) is 0 Å². The molecule has 0 fully saturated rings. The first kappa shape index (κ1) is 9.40. The molecule has 58 valence electrons. The molecule has 4 nitrogen and oxygen atoms in total. The maximum Gasteiger partial charge on any atom is 0.208 e. The zero-order chi connectivity index (χ0) is 8.04. The van der Waals surface area contributed by atoms with Gasteiger partial charge in [0.25, 0.3) is 0 Å². The van der Waals surface area contributed by atoms with Gasteiger partial charge in [-0.2, -0.15) is 5.26 Å². The lowest BCUT2D eigenvalue weighted by Crippen LogP contribution is -2.22. The molecule has 0 aromatic rings. The molecule has 5 heteroatoms. The number of nitriles is 1. The van der Waals surface area contributed by atoms with Crippen molar-refractivity contribution in [2.75, 3.05) is 12.8 Å². The van der Waals surface area contributed by atoms with Crippen molar-refractivity contribution in [2.24, 2.45) is 0 Å². The van der Waals surface area contributed by atoms with E-state index in [9.17, 15) is 8.42 Å². The SMILES string of the molecule is CS(=O)(=O)NCCCC#N. The van der Waals surface area contributed by atoms with Crippen molar-refractivity contribution in [3.05, 3.63) is 0 Å². The summed E-state index contributed by atoms with van der Waals surface area (Å²) >= 11 is 0. The number of nitrogens with zero attached hydrogens (tertiary/aromatic N) is 1. The summed E-state index contributed by atoms with van der Waals surface area (Å²) in [6, 6.07) is 1.92. The molecule has 0 amide bonds. The zero-order valence-electron chi connectivity index (χ0n) is 5.79. The van der Waals surface area contributed by atoms with E-state index < -0.39 is 10.0 Å². The van der Waals surface area contributed by atoms with E-state index in [0.717, 1.165) is 6.26 Å². The van der Waals surface area contributed by atoms with E-state index in [1.165, 1.54) is 0 Å². The van der Waals surface area contributed by atoms with Gasteiger partial charge in [-0.05, 0) is 6.42 Å². The van der Waals surface area contributed by atoms with E-state index >= 15 is 0 Å². The lowest BCUT2D eigenvalue weighted by molar-refractivity contribution is 0.586. The highest BCUT2D eigenvalue weighted by molar-refractivity contribution is 7.88. The maximum atomic E-state index is 10.4. The number of hydrogen-bond acceptors (Lipinski definition) is 3. The molecule has 0 atom stereocenters. The molecule has 0 aliphatic carbocycles. The van der Waals surface area contributed by atoms with Crippen LogP contribution < -0.4 is 4.72 Å². The van der Waals surface area contributed by atoms with Gasteiger partial charge in [0.15, 0.2) is 0 Å². The normalized spacial score (nSPS) is 10.8. The summed E-state index contributed by atoms with van der Waals surface area (Å²) in [5.74, 6) is 0. The van der Waals surface area contributed by atoms with E-state index in [0.29, 0.717) is 19.4 Å². The Hall–Kier alpha value is -0.600. The predicted molar refractivity (Wildman–Crippen MR) is 37.7 cm³/mol. The molecule has 0 aliphatic rings. The Morgan fingerprint density at radius 1 is 1.60 bits per heavy atom. The second-order valence-corrected chi connectivity index (χ2v) is 3.76. The van der Waals surface area contributed by atoms with Gasteiger partial charge in [0, 0.05) is 13.0 Å². The van der Waals surface area contributed by atoms with Crippen LogP contribution in [0.1, 0.15) is 12.8 Å². The van der Waals surface area contributed by atoms with E-state index in [1.54, 1.807) is 0 Å². The zero-order valence-corrected chi connectivity index (χ0v) is 6.61. The van der Waals surface area contributed by atoms with Crippen molar-refractivity contribution < 1.29 is 8.42 Å². The Morgan fingerprint density at radius 2 is 2.20 bits per heavy atom. The number of nitrogens with one attached hydrogen (secondary N) is 1. The Bertz CT molecular complexity index is 214. The van der Waals surface area contributed by atoms with Crippen LogP contribution in [0.4, 0.5) is 0 Å². The van der Waals surface area contributed by atoms with Gasteiger partial charge in [0.1, 0.15) is 0 Å². The Morgan fingerprint density at radius 3 is 2.60 bits per heavy atom. The van der Waals surface area contributed by atoms with Crippen LogP contribution in [0.15, 0.2) is 0 Å². The van der Waals surface area contributed by atoms with E-state index in [4.69, 9.17) is 5.26 Å². The fourth-order valence-corrected chi connectivity index (χ4v) is 0.940. The van der Waals surface area contributed by atoms with Crippen molar-refractivity contribution in [1.82, 2.24) is 4.72 Å². The second kappa shape index (κ2) is 4.25. The van der Waals surface area contributed by atoms with Crippen LogP contribution in [-0.4, -0.2) is 21.2 Å². The van der Waals surface area contributed by atoms with Crippen molar-refractivity contribution in [1.29, 1.82) is 5.26 Å². The number of rotatable bonds is 4. The molecule has 1 N–H and O–H groups in total. The third kappa shape index (κ3) is 7.40. The smallest absolute Gasteiger partial charge is 0.208 e. The minimum absolute atomic E-state index is 0.354. The Kier molecular flexibility index (Phi) is 4.00. The average molecular weight is 162 g/mol. The standard InChI is InChI=1S/C5H10N2O2S/c1-10(8,9)7-5-3-2-4-6/h7H,2-3,5H2,1H3. The van der Waals surface area contributed by atoms with Crippen molar-refractivity contribution in [3.63, 3.8) is 0 Å². The molecule has 0 saturated carbocycles. The molecule has 0 unspecified atom stereocenters. The molecule has 0 spiro atoms. The minimum Gasteiger partial charge on any atom is -0.215 e. The fraction of sp³-hybridized carbons (Fsp3) is 0.800. The fourth-order valence-electron chi connectivity index (χ4n) is 0.425. The first-order valence-electron chi connectivity index (χ1n) is 2.88. The molecule has 0 aromatic carbocycles. The molecule has 0 aromatic heterocycles. The molecule has 10 heavy (non-hydrogen) atoms. The molecule has 0 heterocycles. The Labute approximate surface area is 60.9 Å². The predicted octanol–water partition coefficient (Wildman–Crippen LogP) is -0.161. The van der Waals surface area contributed by atoms with Gasteiger partial charge in [-0.3, -0.25) is 0 Å². The summed E-state index contributed by atoms with van der Waals surface area (Å²) in [5.41, 5.74) is 0. The third-order valence-electron chi connectivity index (χ3n) is 0.830. The van der Waals surface area contributed by atoms with Crippen LogP contribution in [0.5, 0.6) is 0 Å². The molecule has 0 rings (SSSR count). The topological polar surface area (TPSA) is 70.0 Å². The summed E-state index contributed by atoms with van der Waals surface area (Å²) in [5, 5.41) is 8.07. The third-order valence-corrected chi connectivity index (χ3v) is 1.56. The molecular weight excluding hydrogens is 152 g/mol. The molecule has 0 radical (unpaired) electrons. The molecule has 0 saturated heterocycles. The highest BCUT2D eigenvalue weighted by Crippen LogP contribution is 1.83. The minimum atomic E-state index is -3.06. The van der Waals surface area contributed by atoms with Crippen LogP contribution >= 0.6 is 0 Å². The first-order valence-corrected chi connectivity index (χ1v) is 4.77. The van der Waals surface area contributed by atoms with Gasteiger partial charge < -0.3 is 0 Å². The van der Waals surface area contributed by atoms with E-state index in [2.05, 4.69) is 4.72 Å². The number of sulfonamides is 1. The highest BCUT2D eigenvalue weighted by atomic mass is 32.2. The van der Waals surface area contributed by atoms with Gasteiger partial charge in [-0.1, -0.05) is 0 Å². The highest BCUT2D eigenvalue weighted by Gasteiger charge is 1.96. The van der Waals surface area contributed by atoms with Crippen LogP contribution in [0.3, 0.4) is 0 Å². The Balaban J connectivity index is 3.32. The van der Waals surface area contributed by atoms with Gasteiger partial charge in [-0.15, -0.1) is 0 Å². The van der Waals surface area contributed by atoms with Crippen molar-refractivity contribution in [2.45, 2.75) is 12.8 Å². The quantitative estimate of drug-likeness (QED) is 0.584. The van der Waals surface area contributed by atoms with Crippen molar-refractivity contribution in [3.8, 4) is 6.07 Å². The molecular formula is C5H10N2O2S. The number of hydrogen-bond donors (Lipinski definition) is 1. The molecule has 0 aliphatic heterocycles. The lowest BCUT2D eigenvalue weighted by Gasteiger charge is -1.96. The average Bonchev–Trinajstić information content (AvgIpc) is 1.78. The largest absolute Gasteiger partial charge is 0.215 e. The summed E-state index contributed by atoms with van der Waals surface area (Å²) < 4.78 is 23.1. The summed E-state index contributed by atoms with van der Waals surface area (Å²) in [6.45, 7) is 0.354.